The van der Waals surface area contributed by atoms with Crippen LogP contribution in [0.2, 0.25) is 0 Å². The van der Waals surface area contributed by atoms with E-state index in [1.54, 1.807) is 14.0 Å². The van der Waals surface area contributed by atoms with E-state index in [4.69, 9.17) is 4.74 Å². The zero-order valence-electron chi connectivity index (χ0n) is 9.97. The van der Waals surface area contributed by atoms with Gasteiger partial charge in [-0.1, -0.05) is 0 Å². The summed E-state index contributed by atoms with van der Waals surface area (Å²) >= 11 is 0. The maximum Gasteiger partial charge on any atom is 0.251 e. The molecule has 1 amide bonds. The molecule has 5 nitrogen and oxygen atoms in total. The number of nitrogens with zero attached hydrogens (tertiary/aromatic N) is 1. The minimum Gasteiger partial charge on any atom is -0.369 e. The molecule has 0 aromatic heterocycles. The lowest BCUT2D eigenvalue weighted by molar-refractivity contribution is -0.142. The zero-order chi connectivity index (χ0) is 12.3. The highest BCUT2D eigenvalue weighted by molar-refractivity contribution is 7.91. The number of hydrogen-bond donors (Lipinski definition) is 0. The van der Waals surface area contributed by atoms with Crippen molar-refractivity contribution in [2.75, 3.05) is 25.2 Å². The average Bonchev–Trinajstić information content (AvgIpc) is 2.57. The first-order chi connectivity index (χ1) is 7.37. The van der Waals surface area contributed by atoms with Crippen molar-refractivity contribution in [1.29, 1.82) is 0 Å². The van der Waals surface area contributed by atoms with Gasteiger partial charge < -0.3 is 9.64 Å². The van der Waals surface area contributed by atoms with Gasteiger partial charge >= 0.3 is 0 Å². The molecule has 1 aliphatic heterocycles. The van der Waals surface area contributed by atoms with Gasteiger partial charge in [0.15, 0.2) is 9.84 Å². The molecule has 16 heavy (non-hydrogen) atoms. The van der Waals surface area contributed by atoms with E-state index in [2.05, 4.69) is 0 Å². The van der Waals surface area contributed by atoms with Crippen molar-refractivity contribution in [2.45, 2.75) is 32.4 Å². The highest BCUT2D eigenvalue weighted by atomic mass is 32.2. The molecule has 94 valence electrons. The van der Waals surface area contributed by atoms with Crippen LogP contribution in [-0.4, -0.2) is 56.5 Å². The summed E-state index contributed by atoms with van der Waals surface area (Å²) in [6.07, 6.45) is 0.0296. The first-order valence-corrected chi connectivity index (χ1v) is 7.28. The van der Waals surface area contributed by atoms with E-state index in [9.17, 15) is 13.2 Å². The smallest absolute Gasteiger partial charge is 0.251 e. The predicted octanol–water partition coefficient (Wildman–Crippen LogP) is 0.0569. The molecule has 0 saturated carbocycles. The second-order valence-electron chi connectivity index (χ2n) is 4.10. The number of amides is 1. The van der Waals surface area contributed by atoms with Gasteiger partial charge in [-0.15, -0.1) is 0 Å². The van der Waals surface area contributed by atoms with E-state index >= 15 is 0 Å². The van der Waals surface area contributed by atoms with Gasteiger partial charge in [-0.3, -0.25) is 4.79 Å². The fraction of sp³-hybridized carbons (Fsp3) is 0.900. The lowest BCUT2D eigenvalue weighted by Crippen LogP contribution is -2.43. The molecule has 1 fully saturated rings. The average molecular weight is 249 g/mol. The van der Waals surface area contributed by atoms with Crippen molar-refractivity contribution in [3.8, 4) is 0 Å². The number of carbonyl (C=O) groups is 1. The largest absolute Gasteiger partial charge is 0.369 e. The van der Waals surface area contributed by atoms with Crippen LogP contribution in [0.3, 0.4) is 0 Å². The number of rotatable bonds is 4. The Balaban J connectivity index is 2.58. The Kier molecular flexibility index (Phi) is 4.32. The minimum absolute atomic E-state index is 0.0775. The number of likely N-dealkylation sites (N-methyl/N-ethyl adjacent to an activating group) is 1. The third-order valence-corrected chi connectivity index (χ3v) is 4.62. The van der Waals surface area contributed by atoms with Crippen molar-refractivity contribution in [2.24, 2.45) is 0 Å². The van der Waals surface area contributed by atoms with Crippen LogP contribution in [-0.2, 0) is 19.4 Å². The molecule has 0 aliphatic carbocycles. The highest BCUT2D eigenvalue weighted by Gasteiger charge is 2.34. The Morgan fingerprint density at radius 1 is 1.56 bits per heavy atom. The summed E-state index contributed by atoms with van der Waals surface area (Å²) in [5.74, 6) is 0.107. The monoisotopic (exact) mass is 249 g/mol. The maximum atomic E-state index is 11.8. The molecule has 0 bridgehead atoms. The van der Waals surface area contributed by atoms with E-state index in [1.807, 2.05) is 6.92 Å². The van der Waals surface area contributed by atoms with Gasteiger partial charge in [0.25, 0.3) is 5.91 Å². The predicted molar refractivity (Wildman–Crippen MR) is 60.9 cm³/mol. The summed E-state index contributed by atoms with van der Waals surface area (Å²) in [6, 6.07) is -0.194. The molecule has 0 aromatic rings. The number of hydrogen-bond acceptors (Lipinski definition) is 4. The molecule has 0 N–H and O–H groups in total. The molecule has 0 radical (unpaired) electrons. The van der Waals surface area contributed by atoms with Crippen LogP contribution in [0, 0.1) is 0 Å². The highest BCUT2D eigenvalue weighted by Crippen LogP contribution is 2.17. The molecular weight excluding hydrogens is 230 g/mol. The normalized spacial score (nSPS) is 25.3. The van der Waals surface area contributed by atoms with Crippen LogP contribution >= 0.6 is 0 Å². The van der Waals surface area contributed by atoms with Crippen LogP contribution in [0.5, 0.6) is 0 Å². The quantitative estimate of drug-likeness (QED) is 0.706. The van der Waals surface area contributed by atoms with Crippen LogP contribution < -0.4 is 0 Å². The Bertz CT molecular complexity index is 352. The zero-order valence-corrected chi connectivity index (χ0v) is 10.8. The Hall–Kier alpha value is -0.620. The summed E-state index contributed by atoms with van der Waals surface area (Å²) in [4.78, 5) is 13.3. The van der Waals surface area contributed by atoms with Crippen LogP contribution in [0.25, 0.3) is 0 Å². The lowest BCUT2D eigenvalue weighted by Gasteiger charge is -2.26. The molecule has 1 saturated heterocycles. The SMILES string of the molecule is CCO[C@@H](C)C(=O)N(C)[C@H]1CCS(=O)(=O)C1. The summed E-state index contributed by atoms with van der Waals surface area (Å²) in [6.45, 7) is 3.99. The van der Waals surface area contributed by atoms with Gasteiger partial charge in [-0.05, 0) is 20.3 Å². The number of sulfone groups is 1. The van der Waals surface area contributed by atoms with Crippen molar-refractivity contribution in [1.82, 2.24) is 4.90 Å². The molecular formula is C10H19NO4S. The molecule has 1 rings (SSSR count). The molecule has 0 spiro atoms. The van der Waals surface area contributed by atoms with E-state index in [0.717, 1.165) is 0 Å². The number of ether oxygens (including phenoxy) is 1. The molecule has 2 atom stereocenters. The lowest BCUT2D eigenvalue weighted by atomic mass is 10.2. The van der Waals surface area contributed by atoms with Crippen LogP contribution in [0.1, 0.15) is 20.3 Å². The fourth-order valence-corrected chi connectivity index (χ4v) is 3.64. The summed E-state index contributed by atoms with van der Waals surface area (Å²) < 4.78 is 27.8. The van der Waals surface area contributed by atoms with Gasteiger partial charge in [0.2, 0.25) is 0 Å². The number of carbonyl (C=O) groups excluding carboxylic acids is 1. The standard InChI is InChI=1S/C10H19NO4S/c1-4-15-8(2)10(12)11(3)9-5-6-16(13,14)7-9/h8-9H,4-7H2,1-3H3/t8-,9-/m0/s1. The Morgan fingerprint density at radius 2 is 2.19 bits per heavy atom. The molecule has 0 aromatic carbocycles. The van der Waals surface area contributed by atoms with Crippen molar-refractivity contribution >= 4 is 15.7 Å². The van der Waals surface area contributed by atoms with Gasteiger partial charge in [0.05, 0.1) is 11.5 Å². The topological polar surface area (TPSA) is 63.7 Å². The first-order valence-electron chi connectivity index (χ1n) is 5.46. The maximum absolute atomic E-state index is 11.8. The Morgan fingerprint density at radius 3 is 2.62 bits per heavy atom. The first kappa shape index (κ1) is 13.4. The Labute approximate surface area is 96.7 Å². The van der Waals surface area contributed by atoms with Gasteiger partial charge in [-0.2, -0.15) is 0 Å². The van der Waals surface area contributed by atoms with Gasteiger partial charge in [0, 0.05) is 19.7 Å². The van der Waals surface area contributed by atoms with Gasteiger partial charge in [-0.25, -0.2) is 8.42 Å². The van der Waals surface area contributed by atoms with Crippen molar-refractivity contribution in [3.63, 3.8) is 0 Å². The van der Waals surface area contributed by atoms with E-state index in [-0.39, 0.29) is 23.5 Å². The van der Waals surface area contributed by atoms with E-state index in [1.165, 1.54) is 4.90 Å². The summed E-state index contributed by atoms with van der Waals surface area (Å²) in [5.41, 5.74) is 0. The second-order valence-corrected chi connectivity index (χ2v) is 6.33. The fourth-order valence-electron chi connectivity index (χ4n) is 1.87. The van der Waals surface area contributed by atoms with Crippen molar-refractivity contribution in [3.05, 3.63) is 0 Å². The van der Waals surface area contributed by atoms with Crippen LogP contribution in [0.4, 0.5) is 0 Å². The van der Waals surface area contributed by atoms with Crippen molar-refractivity contribution < 1.29 is 17.9 Å². The van der Waals surface area contributed by atoms with E-state index in [0.29, 0.717) is 13.0 Å². The second kappa shape index (κ2) is 5.14. The van der Waals surface area contributed by atoms with Crippen LogP contribution in [0.15, 0.2) is 0 Å². The summed E-state index contributed by atoms with van der Waals surface area (Å²) in [7, 11) is -1.30. The summed E-state index contributed by atoms with van der Waals surface area (Å²) in [5, 5.41) is 0. The molecule has 1 heterocycles. The third kappa shape index (κ3) is 3.18. The molecule has 0 unspecified atom stereocenters. The third-order valence-electron chi connectivity index (χ3n) is 2.87. The molecule has 1 aliphatic rings. The molecule has 6 heteroatoms. The van der Waals surface area contributed by atoms with E-state index < -0.39 is 15.9 Å². The minimum atomic E-state index is -2.95. The van der Waals surface area contributed by atoms with Gasteiger partial charge in [0.1, 0.15) is 6.10 Å².